The van der Waals surface area contributed by atoms with Crippen molar-refractivity contribution in [2.24, 2.45) is 0 Å². The topological polar surface area (TPSA) is 197 Å². The third-order valence-electron chi connectivity index (χ3n) is 8.20. The molecule has 16 heteroatoms. The highest BCUT2D eigenvalue weighted by atomic mass is 79.9. The summed E-state index contributed by atoms with van der Waals surface area (Å²) in [6.07, 6.45) is 0.662. The first kappa shape index (κ1) is 38.4. The number of hydrogen-bond donors (Lipinski definition) is 6. The van der Waals surface area contributed by atoms with E-state index >= 15 is 0 Å². The lowest BCUT2D eigenvalue weighted by atomic mass is 10.1. The summed E-state index contributed by atoms with van der Waals surface area (Å²) < 4.78 is 1.97. The van der Waals surface area contributed by atoms with Gasteiger partial charge in [0, 0.05) is 44.8 Å². The average Bonchev–Trinajstić information content (AvgIpc) is 3.15. The highest BCUT2D eigenvalue weighted by molar-refractivity contribution is 9.10. The van der Waals surface area contributed by atoms with Crippen molar-refractivity contribution in [3.8, 4) is 12.1 Å². The van der Waals surface area contributed by atoms with Crippen molar-refractivity contribution in [3.05, 3.63) is 115 Å². The monoisotopic (exact) mass is 858 g/mol. The molecular formula is C39H36Br2N14. The minimum absolute atomic E-state index is 0.332. The van der Waals surface area contributed by atoms with Crippen LogP contribution in [-0.4, -0.2) is 43.0 Å². The summed E-state index contributed by atoms with van der Waals surface area (Å²) in [5.41, 5.74) is 8.49. The van der Waals surface area contributed by atoms with E-state index in [1.54, 1.807) is 48.5 Å². The number of nitrogens with zero attached hydrogens (tertiary/aromatic N) is 8. The maximum atomic E-state index is 9.20. The van der Waals surface area contributed by atoms with E-state index in [1.165, 1.54) is 0 Å². The summed E-state index contributed by atoms with van der Waals surface area (Å²) in [4.78, 5) is 27.8. The Labute approximate surface area is 335 Å². The Morgan fingerprint density at radius 3 is 1.11 bits per heavy atom. The summed E-state index contributed by atoms with van der Waals surface area (Å²) in [6.45, 7) is 9.11. The smallest absolute Gasteiger partial charge is 0.233 e. The Hall–Kier alpha value is -6.36. The summed E-state index contributed by atoms with van der Waals surface area (Å²) in [5.74, 6) is 2.15. The lowest BCUT2D eigenvalue weighted by molar-refractivity contribution is 0.877. The predicted octanol–water partition coefficient (Wildman–Crippen LogP) is 9.45. The number of nitriles is 2. The van der Waals surface area contributed by atoms with Crippen molar-refractivity contribution in [1.82, 2.24) is 29.9 Å². The fraction of sp³-hybridized carbons (Fsp3) is 0.179. The maximum Gasteiger partial charge on any atom is 0.233 e. The Kier molecular flexibility index (Phi) is 12.3. The zero-order chi connectivity index (χ0) is 38.9. The number of anilines is 10. The van der Waals surface area contributed by atoms with Crippen LogP contribution in [0.1, 0.15) is 39.8 Å². The van der Waals surface area contributed by atoms with Gasteiger partial charge in [-0.3, -0.25) is 0 Å². The second-order valence-electron chi connectivity index (χ2n) is 12.5. The summed E-state index contributed by atoms with van der Waals surface area (Å²) >= 11 is 7.12. The van der Waals surface area contributed by atoms with E-state index in [-0.39, 0.29) is 0 Å². The lowest BCUT2D eigenvalue weighted by Crippen LogP contribution is -2.15. The molecule has 2 heterocycles. The maximum absolute atomic E-state index is 9.20. The number of rotatable bonds is 14. The summed E-state index contributed by atoms with van der Waals surface area (Å²) in [7, 11) is 0. The zero-order valence-electron chi connectivity index (χ0n) is 30.4. The van der Waals surface area contributed by atoms with Gasteiger partial charge in [0.1, 0.15) is 0 Å². The predicted molar refractivity (Wildman–Crippen MR) is 224 cm³/mol. The van der Waals surface area contributed by atoms with Crippen molar-refractivity contribution in [2.45, 2.75) is 34.1 Å². The fourth-order valence-electron chi connectivity index (χ4n) is 5.58. The van der Waals surface area contributed by atoms with Gasteiger partial charge in [0.2, 0.25) is 35.7 Å². The van der Waals surface area contributed by atoms with Crippen molar-refractivity contribution < 1.29 is 0 Å². The Morgan fingerprint density at radius 1 is 0.473 bits per heavy atom. The Bertz CT molecular complexity index is 2190. The number of halogens is 2. The van der Waals surface area contributed by atoms with Crippen molar-refractivity contribution >= 4 is 90.3 Å². The standard InChI is InChI=1S/C39H36Br2N14/c1-22-16-28(40)17-23(2)32(22)48-38-52-34(50-36(54-38)46-30-10-6-26(20-42)7-11-30)44-14-5-15-45-35-51-37(47-31-12-8-27(21-43)9-13-31)55-39(53-35)49-33-24(3)18-29(41)19-25(33)4/h6-13,16-19H,5,14-15H2,1-4H3,(H3,44,46,48,50,52,54)(H3,45,47,49,51,53,55). The third kappa shape index (κ3) is 10.4. The average molecular weight is 861 g/mol. The zero-order valence-corrected chi connectivity index (χ0v) is 33.6. The van der Waals surface area contributed by atoms with Gasteiger partial charge in [0.25, 0.3) is 0 Å². The summed E-state index contributed by atoms with van der Waals surface area (Å²) in [5, 5.41) is 38.2. The van der Waals surface area contributed by atoms with E-state index in [9.17, 15) is 10.5 Å². The molecule has 0 saturated carbocycles. The Balaban J connectivity index is 1.17. The molecule has 0 amide bonds. The molecule has 0 aliphatic heterocycles. The number of aryl methyl sites for hydroxylation is 4. The molecule has 0 atom stereocenters. The molecule has 0 spiro atoms. The van der Waals surface area contributed by atoms with Crippen LogP contribution < -0.4 is 31.9 Å². The van der Waals surface area contributed by atoms with Crippen LogP contribution >= 0.6 is 31.9 Å². The molecule has 0 aliphatic rings. The minimum Gasteiger partial charge on any atom is -0.354 e. The van der Waals surface area contributed by atoms with Gasteiger partial charge in [0.05, 0.1) is 23.3 Å². The molecule has 4 aromatic carbocycles. The highest BCUT2D eigenvalue weighted by Crippen LogP contribution is 2.29. The molecule has 14 nitrogen and oxygen atoms in total. The molecule has 2 aromatic heterocycles. The molecule has 6 N–H and O–H groups in total. The van der Waals surface area contributed by atoms with E-state index in [0.717, 1.165) is 53.9 Å². The van der Waals surface area contributed by atoms with Gasteiger partial charge >= 0.3 is 0 Å². The molecule has 55 heavy (non-hydrogen) atoms. The number of aromatic nitrogens is 6. The summed E-state index contributed by atoms with van der Waals surface area (Å²) in [6, 6.07) is 26.5. The first-order chi connectivity index (χ1) is 26.5. The lowest BCUT2D eigenvalue weighted by Gasteiger charge is -2.15. The van der Waals surface area contributed by atoms with Crippen molar-refractivity contribution in [3.63, 3.8) is 0 Å². The first-order valence-electron chi connectivity index (χ1n) is 17.2. The molecule has 276 valence electrons. The second-order valence-corrected chi connectivity index (χ2v) is 14.4. The van der Waals surface area contributed by atoms with Crippen LogP contribution in [0.2, 0.25) is 0 Å². The van der Waals surface area contributed by atoms with Gasteiger partial charge in [-0.1, -0.05) is 31.9 Å². The molecule has 6 aromatic rings. The van der Waals surface area contributed by atoms with Crippen LogP contribution in [0.5, 0.6) is 0 Å². The van der Waals surface area contributed by atoms with Crippen LogP contribution in [0.25, 0.3) is 0 Å². The largest absolute Gasteiger partial charge is 0.354 e. The number of hydrogen-bond acceptors (Lipinski definition) is 14. The molecule has 0 unspecified atom stereocenters. The van der Waals surface area contributed by atoms with E-state index in [2.05, 4.69) is 106 Å². The van der Waals surface area contributed by atoms with Crippen molar-refractivity contribution in [2.75, 3.05) is 45.0 Å². The number of benzene rings is 4. The molecule has 6 rings (SSSR count). The molecule has 0 aliphatic carbocycles. The van der Waals surface area contributed by atoms with Gasteiger partial charge in [-0.25, -0.2) is 0 Å². The highest BCUT2D eigenvalue weighted by Gasteiger charge is 2.13. The van der Waals surface area contributed by atoms with Crippen LogP contribution in [0.15, 0.2) is 81.7 Å². The quantitative estimate of drug-likeness (QED) is 0.0567. The SMILES string of the molecule is Cc1cc(Br)cc(C)c1Nc1nc(NCCCNc2nc(Nc3ccc(C#N)cc3)nc(Nc3c(C)cc(Br)cc3C)n2)nc(Nc2ccc(C#N)cc2)n1. The van der Waals surface area contributed by atoms with Gasteiger partial charge in [-0.05, 0) is 129 Å². The molecule has 0 fully saturated rings. The van der Waals surface area contributed by atoms with Gasteiger partial charge < -0.3 is 31.9 Å². The van der Waals surface area contributed by atoms with Crippen LogP contribution in [0.4, 0.5) is 58.4 Å². The number of nitrogens with one attached hydrogen (secondary N) is 6. The van der Waals surface area contributed by atoms with Gasteiger partial charge in [-0.2, -0.15) is 40.4 Å². The molecular weight excluding hydrogens is 824 g/mol. The third-order valence-corrected chi connectivity index (χ3v) is 9.12. The van der Waals surface area contributed by atoms with E-state index in [0.29, 0.717) is 66.3 Å². The van der Waals surface area contributed by atoms with Crippen LogP contribution in [-0.2, 0) is 0 Å². The first-order valence-corrected chi connectivity index (χ1v) is 18.8. The second kappa shape index (κ2) is 17.6. The fourth-order valence-corrected chi connectivity index (χ4v) is 6.95. The molecule has 0 saturated heterocycles. The van der Waals surface area contributed by atoms with Crippen molar-refractivity contribution in [1.29, 1.82) is 10.5 Å². The van der Waals surface area contributed by atoms with E-state index < -0.39 is 0 Å². The Morgan fingerprint density at radius 2 is 0.782 bits per heavy atom. The minimum atomic E-state index is 0.332. The normalized spacial score (nSPS) is 10.5. The molecule has 0 bridgehead atoms. The van der Waals surface area contributed by atoms with E-state index in [4.69, 9.17) is 0 Å². The van der Waals surface area contributed by atoms with Crippen LogP contribution in [0, 0.1) is 50.4 Å². The van der Waals surface area contributed by atoms with Gasteiger partial charge in [-0.15, -0.1) is 0 Å². The van der Waals surface area contributed by atoms with E-state index in [1.807, 2.05) is 52.0 Å². The van der Waals surface area contributed by atoms with Crippen LogP contribution in [0.3, 0.4) is 0 Å². The molecule has 0 radical (unpaired) electrons. The van der Waals surface area contributed by atoms with Gasteiger partial charge in [0.15, 0.2) is 0 Å².